The van der Waals surface area contributed by atoms with E-state index in [1.54, 1.807) is 0 Å². The van der Waals surface area contributed by atoms with Crippen LogP contribution in [0.5, 0.6) is 0 Å². The molecule has 1 aromatic rings. The van der Waals surface area contributed by atoms with E-state index in [1.165, 1.54) is 0 Å². The minimum atomic E-state index is 0. The third kappa shape index (κ3) is 4.15. The summed E-state index contributed by atoms with van der Waals surface area (Å²) in [6, 6.07) is 12.5. The fourth-order valence-electron chi connectivity index (χ4n) is 0.342. The summed E-state index contributed by atoms with van der Waals surface area (Å²) in [5.41, 5.74) is 0. The summed E-state index contributed by atoms with van der Waals surface area (Å²) >= 11 is 0. The Hall–Kier alpha value is -0.0213. The van der Waals surface area contributed by atoms with Gasteiger partial charge in [-0.15, -0.1) is 0 Å². The molecule has 8 heavy (non-hydrogen) atoms. The van der Waals surface area contributed by atoms with Crippen molar-refractivity contribution in [3.05, 3.63) is 36.4 Å². The molecule has 0 aliphatic heterocycles. The third-order valence-corrected chi connectivity index (χ3v) is 0.607. The first-order valence-electron chi connectivity index (χ1n) is 1.91. The molecule has 0 aliphatic rings. The normalized spacial score (nSPS) is 6.00. The summed E-state index contributed by atoms with van der Waals surface area (Å²) in [6.45, 7) is 0. The average molecular weight is 216 g/mol. The van der Waals surface area contributed by atoms with Crippen LogP contribution in [-0.2, 0) is 0 Å². The Labute approximate surface area is 66.0 Å². The number of hydrogen-bond donors (Lipinski definition) is 0. The Morgan fingerprint density at radius 1 is 0.875 bits per heavy atom. The van der Waals surface area contributed by atoms with Crippen molar-refractivity contribution >= 4 is 23.9 Å². The zero-order valence-corrected chi connectivity index (χ0v) is 8.63. The molecule has 1 rings (SSSR count). The molecule has 0 spiro atoms. The molecule has 1 aromatic carbocycles. The van der Waals surface area contributed by atoms with E-state index >= 15 is 0 Å². The van der Waals surface area contributed by atoms with Crippen LogP contribution in [0.15, 0.2) is 30.3 Å². The van der Waals surface area contributed by atoms with Gasteiger partial charge in [0.05, 0.1) is 0 Å². The maximum absolute atomic E-state index is 2.89. The molecule has 2 heteroatoms. The van der Waals surface area contributed by atoms with E-state index in [9.17, 15) is 0 Å². The van der Waals surface area contributed by atoms with Crippen LogP contribution >= 0.6 is 0 Å². The molecule has 0 unspecified atom stereocenters. The minimum absolute atomic E-state index is 0. The number of rotatable bonds is 0. The summed E-state index contributed by atoms with van der Waals surface area (Å²) in [5, 5.41) is 0. The first-order valence-corrected chi connectivity index (χ1v) is 1.91. The second-order valence-electron chi connectivity index (χ2n) is 1.08. The van der Waals surface area contributed by atoms with E-state index in [0.717, 1.165) is 0 Å². The monoisotopic (exact) mass is 217 g/mol. The fourth-order valence-corrected chi connectivity index (χ4v) is 0.342. The fraction of sp³-hybridized carbons (Fsp3) is 0. The zero-order valence-electron chi connectivity index (χ0n) is 4.59. The number of benzene rings is 1. The van der Waals surface area contributed by atoms with Gasteiger partial charge in [-0.3, -0.25) is 0 Å². The Morgan fingerprint density at radius 2 is 1.38 bits per heavy atom. The molecule has 0 atom stereocenters. The topological polar surface area (TPSA) is 31.5 Å². The molecule has 0 fully saturated rings. The van der Waals surface area contributed by atoms with Crippen LogP contribution in [0, 0.1) is 6.07 Å². The van der Waals surface area contributed by atoms with Gasteiger partial charge in [0, 0.05) is 0 Å². The predicted octanol–water partition coefficient (Wildman–Crippen LogP) is -0.254. The van der Waals surface area contributed by atoms with E-state index < -0.39 is 0 Å². The van der Waals surface area contributed by atoms with Crippen molar-refractivity contribution in [3.8, 4) is 0 Å². The second-order valence-corrected chi connectivity index (χ2v) is 1.08. The van der Waals surface area contributed by atoms with Gasteiger partial charge in [0.1, 0.15) is 0 Å². The maximum atomic E-state index is 2.89. The average Bonchev–Trinajstić information content (AvgIpc) is 1.72. The predicted molar refractivity (Wildman–Crippen MR) is 37.4 cm³/mol. The van der Waals surface area contributed by atoms with E-state index in [1.807, 2.05) is 30.3 Å². The second kappa shape index (κ2) is 6.98. The van der Waals surface area contributed by atoms with Crippen LogP contribution in [0.2, 0.25) is 0 Å². The summed E-state index contributed by atoms with van der Waals surface area (Å²) in [6.07, 6.45) is 0. The van der Waals surface area contributed by atoms with Crippen LogP contribution in [0.3, 0.4) is 0 Å². The van der Waals surface area contributed by atoms with Crippen LogP contribution < -0.4 is 0 Å². The van der Waals surface area contributed by atoms with E-state index in [-0.39, 0.29) is 29.4 Å². The van der Waals surface area contributed by atoms with Crippen molar-refractivity contribution in [2.45, 2.75) is 0 Å². The summed E-state index contributed by atoms with van der Waals surface area (Å²) < 4.78 is 0. The van der Waals surface area contributed by atoms with Crippen molar-refractivity contribution in [2.75, 3.05) is 0 Å². The Bertz CT molecular complexity index is 80.5. The van der Waals surface area contributed by atoms with Crippen LogP contribution in [0.4, 0.5) is 0 Å². The summed E-state index contributed by atoms with van der Waals surface area (Å²) in [5.74, 6) is 0. The van der Waals surface area contributed by atoms with Crippen molar-refractivity contribution in [3.63, 3.8) is 0 Å². The zero-order chi connectivity index (χ0) is 4.24. The van der Waals surface area contributed by atoms with Crippen LogP contribution in [0.25, 0.3) is 0 Å². The summed E-state index contributed by atoms with van der Waals surface area (Å²) in [4.78, 5) is 0. The van der Waals surface area contributed by atoms with Gasteiger partial charge < -0.3 is 5.48 Å². The number of hydrogen-bond acceptors (Lipinski definition) is 0. The standard InChI is InChI=1S/C6H5.H2O.Sn.2H/c1-2-4-6-5-3-1;;;;/h1-5H;1H2;;;. The molecule has 0 bridgehead atoms. The van der Waals surface area contributed by atoms with Gasteiger partial charge in [-0.2, -0.15) is 0 Å². The van der Waals surface area contributed by atoms with E-state index in [4.69, 9.17) is 0 Å². The molecule has 0 aliphatic carbocycles. The molecule has 2 N–H and O–H groups in total. The Kier molecular flexibility index (Phi) is 9.48. The van der Waals surface area contributed by atoms with Gasteiger partial charge in [-0.25, -0.2) is 0 Å². The molecule has 0 saturated carbocycles. The molecule has 3 radical (unpaired) electrons. The molecule has 0 aromatic heterocycles. The quantitative estimate of drug-likeness (QED) is 0.535. The van der Waals surface area contributed by atoms with Gasteiger partial charge in [0.2, 0.25) is 0 Å². The Morgan fingerprint density at radius 3 is 1.50 bits per heavy atom. The third-order valence-electron chi connectivity index (χ3n) is 0.607. The van der Waals surface area contributed by atoms with Gasteiger partial charge in [-0.05, 0) is 6.07 Å². The van der Waals surface area contributed by atoms with Gasteiger partial charge in [-0.1, -0.05) is 30.3 Å². The molecular weight excluding hydrogens is 207 g/mol. The Balaban J connectivity index is 0. The largest absolute Gasteiger partial charge is 0.0622 e. The summed E-state index contributed by atoms with van der Waals surface area (Å²) in [7, 11) is 0. The molecule has 1 nitrogen and oxygen atoms in total. The van der Waals surface area contributed by atoms with Crippen molar-refractivity contribution in [1.82, 2.24) is 0 Å². The molecular formula is C6H9OSn. The first kappa shape index (κ1) is 10.9. The van der Waals surface area contributed by atoms with Crippen LogP contribution in [-0.4, -0.2) is 29.4 Å². The first-order chi connectivity index (χ1) is 3.00. The van der Waals surface area contributed by atoms with Gasteiger partial charge in [0.25, 0.3) is 0 Å². The molecule has 0 heterocycles. The van der Waals surface area contributed by atoms with E-state index in [2.05, 4.69) is 6.07 Å². The smallest absolute Gasteiger partial charge is 0.0184 e. The van der Waals surface area contributed by atoms with Crippen molar-refractivity contribution in [2.24, 2.45) is 0 Å². The minimum Gasteiger partial charge on any atom is -0.0622 e. The maximum Gasteiger partial charge on any atom is -0.0184 e. The van der Waals surface area contributed by atoms with Gasteiger partial charge >= 0.3 is 23.9 Å². The molecule has 0 saturated heterocycles. The van der Waals surface area contributed by atoms with Crippen molar-refractivity contribution in [1.29, 1.82) is 0 Å². The molecule has 43 valence electrons. The van der Waals surface area contributed by atoms with Gasteiger partial charge in [0.15, 0.2) is 0 Å². The van der Waals surface area contributed by atoms with E-state index in [0.29, 0.717) is 0 Å². The van der Waals surface area contributed by atoms with Crippen molar-refractivity contribution < 1.29 is 5.48 Å². The SMILES string of the molecule is O.[SnH2].[c]1ccccc1. The molecule has 0 amide bonds. The van der Waals surface area contributed by atoms with Crippen LogP contribution in [0.1, 0.15) is 0 Å².